The van der Waals surface area contributed by atoms with E-state index in [0.29, 0.717) is 22.9 Å². The molecule has 0 unspecified atom stereocenters. The largest absolute Gasteiger partial charge is 0.481 e. The zero-order valence-electron chi connectivity index (χ0n) is 10.4. The first-order valence-corrected chi connectivity index (χ1v) is 6.95. The smallest absolute Gasteiger partial charge is 0.311 e. The summed E-state index contributed by atoms with van der Waals surface area (Å²) >= 11 is 3.24. The SMILES string of the molecule is O=C(NCC1(C(=O)O)CCCC1)c1cncc(Br)c1. The number of halogens is 1. The van der Waals surface area contributed by atoms with Crippen molar-refractivity contribution in [3.8, 4) is 0 Å². The Bertz CT molecular complexity index is 498. The number of nitrogens with zero attached hydrogens (tertiary/aromatic N) is 1. The second kappa shape index (κ2) is 5.69. The summed E-state index contributed by atoms with van der Waals surface area (Å²) in [6.45, 7) is 0.174. The first kappa shape index (κ1) is 14.0. The fourth-order valence-corrected chi connectivity index (χ4v) is 2.77. The molecule has 0 bridgehead atoms. The Morgan fingerprint density at radius 1 is 1.37 bits per heavy atom. The lowest BCUT2D eigenvalue weighted by Gasteiger charge is -2.23. The van der Waals surface area contributed by atoms with Gasteiger partial charge in [-0.2, -0.15) is 0 Å². The van der Waals surface area contributed by atoms with Crippen LogP contribution in [0.15, 0.2) is 22.9 Å². The fraction of sp³-hybridized carbons (Fsp3) is 0.462. The van der Waals surface area contributed by atoms with Gasteiger partial charge in [0.1, 0.15) is 0 Å². The van der Waals surface area contributed by atoms with Crippen LogP contribution in [0.3, 0.4) is 0 Å². The summed E-state index contributed by atoms with van der Waals surface area (Å²) in [7, 11) is 0. The van der Waals surface area contributed by atoms with Gasteiger partial charge in [0, 0.05) is 23.4 Å². The van der Waals surface area contributed by atoms with Gasteiger partial charge in [-0.05, 0) is 34.8 Å². The monoisotopic (exact) mass is 326 g/mol. The minimum Gasteiger partial charge on any atom is -0.481 e. The summed E-state index contributed by atoms with van der Waals surface area (Å²) in [5.74, 6) is -1.11. The molecular formula is C13H15BrN2O3. The van der Waals surface area contributed by atoms with Crippen molar-refractivity contribution in [2.75, 3.05) is 6.54 Å². The van der Waals surface area contributed by atoms with E-state index in [-0.39, 0.29) is 12.5 Å². The average Bonchev–Trinajstić information content (AvgIpc) is 2.86. The molecule has 0 saturated heterocycles. The van der Waals surface area contributed by atoms with Crippen molar-refractivity contribution < 1.29 is 14.7 Å². The van der Waals surface area contributed by atoms with Crippen LogP contribution < -0.4 is 5.32 Å². The second-order valence-electron chi connectivity index (χ2n) is 4.87. The lowest BCUT2D eigenvalue weighted by Crippen LogP contribution is -2.41. The van der Waals surface area contributed by atoms with E-state index < -0.39 is 11.4 Å². The van der Waals surface area contributed by atoms with Crippen LogP contribution in [0.1, 0.15) is 36.0 Å². The first-order valence-electron chi connectivity index (χ1n) is 6.16. The van der Waals surface area contributed by atoms with Crippen molar-refractivity contribution in [3.05, 3.63) is 28.5 Å². The van der Waals surface area contributed by atoms with E-state index in [1.807, 2.05) is 0 Å². The highest BCUT2D eigenvalue weighted by Gasteiger charge is 2.41. The van der Waals surface area contributed by atoms with Crippen LogP contribution >= 0.6 is 15.9 Å². The predicted octanol–water partition coefficient (Wildman–Crippen LogP) is 2.22. The van der Waals surface area contributed by atoms with Crippen molar-refractivity contribution >= 4 is 27.8 Å². The van der Waals surface area contributed by atoms with Crippen LogP contribution in [0.5, 0.6) is 0 Å². The number of hydrogen-bond donors (Lipinski definition) is 2. The van der Waals surface area contributed by atoms with E-state index in [0.717, 1.165) is 12.8 Å². The molecule has 0 aliphatic heterocycles. The number of carboxylic acid groups (broad SMARTS) is 1. The molecule has 1 amide bonds. The maximum Gasteiger partial charge on any atom is 0.311 e. The third-order valence-corrected chi connectivity index (χ3v) is 4.00. The van der Waals surface area contributed by atoms with Gasteiger partial charge < -0.3 is 10.4 Å². The zero-order chi connectivity index (χ0) is 13.9. The number of hydrogen-bond acceptors (Lipinski definition) is 3. The molecule has 0 radical (unpaired) electrons. The zero-order valence-corrected chi connectivity index (χ0v) is 11.9. The summed E-state index contributed by atoms with van der Waals surface area (Å²) in [5, 5.41) is 12.0. The highest BCUT2D eigenvalue weighted by atomic mass is 79.9. The van der Waals surface area contributed by atoms with Gasteiger partial charge in [-0.3, -0.25) is 14.6 Å². The van der Waals surface area contributed by atoms with Crippen LogP contribution in [-0.2, 0) is 4.79 Å². The third kappa shape index (κ3) is 3.12. The first-order chi connectivity index (χ1) is 9.03. The van der Waals surface area contributed by atoms with E-state index in [2.05, 4.69) is 26.2 Å². The molecule has 0 aromatic carbocycles. The van der Waals surface area contributed by atoms with Crippen LogP contribution in [0, 0.1) is 5.41 Å². The van der Waals surface area contributed by atoms with Crippen molar-refractivity contribution in [1.29, 1.82) is 0 Å². The Labute approximate surface area is 119 Å². The molecule has 5 nitrogen and oxygen atoms in total. The Kier molecular flexibility index (Phi) is 4.19. The van der Waals surface area contributed by atoms with Crippen molar-refractivity contribution in [3.63, 3.8) is 0 Å². The van der Waals surface area contributed by atoms with Gasteiger partial charge in [0.15, 0.2) is 0 Å². The minimum absolute atomic E-state index is 0.174. The number of rotatable bonds is 4. The maximum atomic E-state index is 12.0. The Balaban J connectivity index is 2.02. The number of aromatic nitrogens is 1. The summed E-state index contributed by atoms with van der Waals surface area (Å²) in [6, 6.07) is 1.66. The van der Waals surface area contributed by atoms with Gasteiger partial charge >= 0.3 is 5.97 Å². The van der Waals surface area contributed by atoms with Crippen molar-refractivity contribution in [2.24, 2.45) is 5.41 Å². The summed E-state index contributed by atoms with van der Waals surface area (Å²) < 4.78 is 0.717. The number of carbonyl (C=O) groups is 2. The van der Waals surface area contributed by atoms with Gasteiger partial charge in [0.2, 0.25) is 0 Å². The van der Waals surface area contributed by atoms with E-state index in [1.54, 1.807) is 12.3 Å². The van der Waals surface area contributed by atoms with Crippen molar-refractivity contribution in [2.45, 2.75) is 25.7 Å². The quantitative estimate of drug-likeness (QED) is 0.889. The molecule has 1 aliphatic rings. The number of nitrogens with one attached hydrogen (secondary N) is 1. The van der Waals surface area contributed by atoms with Gasteiger partial charge in [-0.1, -0.05) is 12.8 Å². The van der Waals surface area contributed by atoms with Crippen LogP contribution in [0.25, 0.3) is 0 Å². The average molecular weight is 327 g/mol. The Morgan fingerprint density at radius 3 is 2.63 bits per heavy atom. The Morgan fingerprint density at radius 2 is 2.05 bits per heavy atom. The molecule has 1 aromatic rings. The van der Waals surface area contributed by atoms with E-state index >= 15 is 0 Å². The summed E-state index contributed by atoms with van der Waals surface area (Å²) in [6.07, 6.45) is 6.11. The molecule has 1 heterocycles. The standard InChI is InChI=1S/C13H15BrN2O3/c14-10-5-9(6-15-7-10)11(17)16-8-13(12(18)19)3-1-2-4-13/h5-7H,1-4,8H2,(H,16,17)(H,18,19). The van der Waals surface area contributed by atoms with Crippen LogP contribution in [0.2, 0.25) is 0 Å². The number of pyridine rings is 1. The number of amides is 1. The molecule has 2 N–H and O–H groups in total. The molecular weight excluding hydrogens is 312 g/mol. The van der Waals surface area contributed by atoms with Gasteiger partial charge in [-0.25, -0.2) is 0 Å². The molecule has 6 heteroatoms. The lowest BCUT2D eigenvalue weighted by atomic mass is 9.86. The number of carbonyl (C=O) groups excluding carboxylic acids is 1. The molecule has 1 aromatic heterocycles. The molecule has 0 atom stereocenters. The fourth-order valence-electron chi connectivity index (χ4n) is 2.41. The number of aliphatic carboxylic acids is 1. The lowest BCUT2D eigenvalue weighted by molar-refractivity contribution is -0.148. The predicted molar refractivity (Wildman–Crippen MR) is 72.8 cm³/mol. The normalized spacial score (nSPS) is 17.1. The van der Waals surface area contributed by atoms with Crippen LogP contribution in [-0.4, -0.2) is 28.5 Å². The molecule has 0 spiro atoms. The Hall–Kier alpha value is -1.43. The molecule has 1 saturated carbocycles. The maximum absolute atomic E-state index is 12.0. The summed E-state index contributed by atoms with van der Waals surface area (Å²) in [5.41, 5.74) is -0.373. The number of carboxylic acids is 1. The summed E-state index contributed by atoms with van der Waals surface area (Å²) in [4.78, 5) is 27.2. The highest BCUT2D eigenvalue weighted by molar-refractivity contribution is 9.10. The van der Waals surface area contributed by atoms with E-state index in [9.17, 15) is 14.7 Å². The molecule has 1 fully saturated rings. The van der Waals surface area contributed by atoms with E-state index in [1.165, 1.54) is 6.20 Å². The molecule has 19 heavy (non-hydrogen) atoms. The van der Waals surface area contributed by atoms with Crippen LogP contribution in [0.4, 0.5) is 0 Å². The molecule has 1 aliphatic carbocycles. The van der Waals surface area contributed by atoms with Gasteiger partial charge in [0.05, 0.1) is 11.0 Å². The topological polar surface area (TPSA) is 79.3 Å². The molecule has 2 rings (SSSR count). The van der Waals surface area contributed by atoms with E-state index in [4.69, 9.17) is 0 Å². The minimum atomic E-state index is -0.822. The third-order valence-electron chi connectivity index (χ3n) is 3.57. The molecule has 102 valence electrons. The van der Waals surface area contributed by atoms with Gasteiger partial charge in [-0.15, -0.1) is 0 Å². The second-order valence-corrected chi connectivity index (χ2v) is 5.78. The highest BCUT2D eigenvalue weighted by Crippen LogP contribution is 2.37. The van der Waals surface area contributed by atoms with Crippen molar-refractivity contribution in [1.82, 2.24) is 10.3 Å². The van der Waals surface area contributed by atoms with Gasteiger partial charge in [0.25, 0.3) is 5.91 Å².